The van der Waals surface area contributed by atoms with Gasteiger partial charge in [-0.05, 0) is 33.1 Å². The molecule has 172 valence electrons. The van der Waals surface area contributed by atoms with Crippen molar-refractivity contribution < 1.29 is 22.5 Å². The third kappa shape index (κ3) is 8.71. The Morgan fingerprint density at radius 3 is 2.53 bits per heavy atom. The van der Waals surface area contributed by atoms with Crippen molar-refractivity contribution in [3.63, 3.8) is 0 Å². The molecule has 0 spiro atoms. The minimum absolute atomic E-state index is 0.0313. The van der Waals surface area contributed by atoms with E-state index < -0.39 is 15.6 Å². The normalized spacial score (nSPS) is 17.3. The molecule has 1 aromatic heterocycles. The fourth-order valence-corrected chi connectivity index (χ4v) is 4.19. The van der Waals surface area contributed by atoms with Crippen LogP contribution in [0.1, 0.15) is 96.2 Å². The molecule has 1 atom stereocenters. The molecule has 0 radical (unpaired) electrons. The lowest BCUT2D eigenvalue weighted by Gasteiger charge is -2.23. The number of rotatable bonds is 10. The summed E-state index contributed by atoms with van der Waals surface area (Å²) in [7, 11) is -1.87. The Morgan fingerprint density at radius 2 is 1.93 bits per heavy atom. The molecule has 8 nitrogen and oxygen atoms in total. The standard InChI is InChI=1S/C21H37N3O5S/c1-21(2,3)28-19(25)14-17(13-9-12-16-10-7-6-8-11-16)20-22-18(23-29-20)15-24(4)30(5,26)27/h16-17H,6-15H2,1-5H3. The molecule has 1 heterocycles. The second-order valence-electron chi connectivity index (χ2n) is 9.49. The number of hydrogen-bond donors (Lipinski definition) is 0. The summed E-state index contributed by atoms with van der Waals surface area (Å²) in [4.78, 5) is 16.8. The molecule has 0 aromatic carbocycles. The average Bonchev–Trinajstić information content (AvgIpc) is 3.08. The first-order valence-corrected chi connectivity index (χ1v) is 12.7. The van der Waals surface area contributed by atoms with Gasteiger partial charge < -0.3 is 9.26 Å². The molecule has 30 heavy (non-hydrogen) atoms. The van der Waals surface area contributed by atoms with Crippen LogP contribution in [0.15, 0.2) is 4.52 Å². The molecule has 2 rings (SSSR count). The van der Waals surface area contributed by atoms with Gasteiger partial charge in [0, 0.05) is 13.0 Å². The summed E-state index contributed by atoms with van der Waals surface area (Å²) in [6, 6.07) is 0. The molecule has 1 aliphatic rings. The van der Waals surface area contributed by atoms with Crippen LogP contribution in [0.2, 0.25) is 0 Å². The number of aromatic nitrogens is 2. The first-order valence-electron chi connectivity index (χ1n) is 10.9. The monoisotopic (exact) mass is 443 g/mol. The summed E-state index contributed by atoms with van der Waals surface area (Å²) < 4.78 is 35.3. The van der Waals surface area contributed by atoms with Crippen LogP contribution in [0.3, 0.4) is 0 Å². The lowest BCUT2D eigenvalue weighted by molar-refractivity contribution is -0.155. The minimum Gasteiger partial charge on any atom is -0.460 e. The van der Waals surface area contributed by atoms with E-state index in [0.29, 0.717) is 11.7 Å². The van der Waals surface area contributed by atoms with Gasteiger partial charge in [-0.3, -0.25) is 4.79 Å². The topological polar surface area (TPSA) is 103 Å². The van der Waals surface area contributed by atoms with Crippen LogP contribution in [0, 0.1) is 5.92 Å². The Hall–Kier alpha value is -1.48. The van der Waals surface area contributed by atoms with Crippen molar-refractivity contribution in [2.75, 3.05) is 13.3 Å². The quantitative estimate of drug-likeness (QED) is 0.503. The fourth-order valence-electron chi connectivity index (χ4n) is 3.84. The maximum absolute atomic E-state index is 12.4. The molecule has 0 amide bonds. The number of ether oxygens (including phenoxy) is 1. The Kier molecular flexibility index (Phi) is 8.85. The number of nitrogens with zero attached hydrogens (tertiary/aromatic N) is 3. The molecule has 9 heteroatoms. The van der Waals surface area contributed by atoms with Crippen molar-refractivity contribution in [2.45, 2.75) is 96.6 Å². The Morgan fingerprint density at radius 1 is 1.27 bits per heavy atom. The van der Waals surface area contributed by atoms with Crippen LogP contribution in [-0.4, -0.2) is 47.7 Å². The molecule has 0 aliphatic heterocycles. The molecule has 0 saturated heterocycles. The summed E-state index contributed by atoms with van der Waals surface area (Å²) in [5.74, 6) is 0.912. The van der Waals surface area contributed by atoms with Crippen LogP contribution in [-0.2, 0) is 26.1 Å². The minimum atomic E-state index is -3.34. The van der Waals surface area contributed by atoms with Crippen molar-refractivity contribution in [3.05, 3.63) is 11.7 Å². The molecule has 1 unspecified atom stereocenters. The van der Waals surface area contributed by atoms with Gasteiger partial charge in [-0.25, -0.2) is 8.42 Å². The van der Waals surface area contributed by atoms with Crippen LogP contribution in [0.25, 0.3) is 0 Å². The highest BCUT2D eigenvalue weighted by Crippen LogP contribution is 2.31. The second-order valence-corrected chi connectivity index (χ2v) is 11.6. The number of sulfonamides is 1. The summed E-state index contributed by atoms with van der Waals surface area (Å²) in [6.45, 7) is 5.56. The Bertz CT molecular complexity index is 779. The number of carbonyl (C=O) groups excluding carboxylic acids is 1. The van der Waals surface area contributed by atoms with Crippen LogP contribution in [0.4, 0.5) is 0 Å². The number of hydrogen-bond acceptors (Lipinski definition) is 7. The predicted molar refractivity (Wildman–Crippen MR) is 114 cm³/mol. The van der Waals surface area contributed by atoms with Gasteiger partial charge in [-0.2, -0.15) is 9.29 Å². The first-order chi connectivity index (χ1) is 13.9. The summed E-state index contributed by atoms with van der Waals surface area (Å²) in [5, 5.41) is 3.93. The molecule has 1 aliphatic carbocycles. The van der Waals surface area contributed by atoms with E-state index in [1.165, 1.54) is 39.2 Å². The third-order valence-corrected chi connectivity index (χ3v) is 6.75. The van der Waals surface area contributed by atoms with Gasteiger partial charge in [0.2, 0.25) is 15.9 Å². The van der Waals surface area contributed by atoms with E-state index in [2.05, 4.69) is 10.1 Å². The zero-order valence-electron chi connectivity index (χ0n) is 19.0. The zero-order valence-corrected chi connectivity index (χ0v) is 19.8. The molecular formula is C21H37N3O5S. The van der Waals surface area contributed by atoms with Crippen molar-refractivity contribution >= 4 is 16.0 Å². The van der Waals surface area contributed by atoms with E-state index in [4.69, 9.17) is 9.26 Å². The lowest BCUT2D eigenvalue weighted by Crippen LogP contribution is -2.25. The van der Waals surface area contributed by atoms with E-state index >= 15 is 0 Å². The number of carbonyl (C=O) groups is 1. The molecule has 1 saturated carbocycles. The summed E-state index contributed by atoms with van der Waals surface area (Å²) >= 11 is 0. The highest BCUT2D eigenvalue weighted by molar-refractivity contribution is 7.88. The van der Waals surface area contributed by atoms with Crippen LogP contribution in [0.5, 0.6) is 0 Å². The van der Waals surface area contributed by atoms with Crippen molar-refractivity contribution in [3.8, 4) is 0 Å². The zero-order chi connectivity index (χ0) is 22.4. The third-order valence-electron chi connectivity index (χ3n) is 5.49. The highest BCUT2D eigenvalue weighted by Gasteiger charge is 2.27. The van der Waals surface area contributed by atoms with Gasteiger partial charge in [-0.15, -0.1) is 0 Å². The molecule has 1 aromatic rings. The predicted octanol–water partition coefficient (Wildman–Crippen LogP) is 4.03. The van der Waals surface area contributed by atoms with E-state index in [9.17, 15) is 13.2 Å². The van der Waals surface area contributed by atoms with Gasteiger partial charge in [0.25, 0.3) is 0 Å². The van der Waals surface area contributed by atoms with Gasteiger partial charge in [0.1, 0.15) is 5.60 Å². The SMILES string of the molecule is CN(Cc1noc(C(CCCC2CCCCC2)CC(=O)OC(C)(C)C)n1)S(C)(=O)=O. The van der Waals surface area contributed by atoms with Crippen LogP contribution >= 0.6 is 0 Å². The van der Waals surface area contributed by atoms with E-state index in [1.54, 1.807) is 0 Å². The Balaban J connectivity index is 2.03. The van der Waals surface area contributed by atoms with Crippen molar-refractivity contribution in [1.82, 2.24) is 14.4 Å². The molecular weight excluding hydrogens is 406 g/mol. The van der Waals surface area contributed by atoms with Gasteiger partial charge >= 0.3 is 5.97 Å². The van der Waals surface area contributed by atoms with Gasteiger partial charge in [-0.1, -0.05) is 50.1 Å². The smallest absolute Gasteiger partial charge is 0.307 e. The second kappa shape index (κ2) is 10.7. The van der Waals surface area contributed by atoms with E-state index in [-0.39, 0.29) is 24.9 Å². The largest absolute Gasteiger partial charge is 0.460 e. The van der Waals surface area contributed by atoms with Crippen molar-refractivity contribution in [2.24, 2.45) is 5.92 Å². The van der Waals surface area contributed by atoms with Gasteiger partial charge in [0.15, 0.2) is 5.82 Å². The lowest BCUT2D eigenvalue weighted by atomic mass is 9.84. The summed E-state index contributed by atoms with van der Waals surface area (Å²) in [5.41, 5.74) is -0.554. The maximum Gasteiger partial charge on any atom is 0.307 e. The highest BCUT2D eigenvalue weighted by atomic mass is 32.2. The Labute approximate surface area is 180 Å². The fraction of sp³-hybridized carbons (Fsp3) is 0.857. The van der Waals surface area contributed by atoms with Gasteiger partial charge in [0.05, 0.1) is 19.2 Å². The van der Waals surface area contributed by atoms with E-state index in [0.717, 1.165) is 35.7 Å². The molecule has 1 fully saturated rings. The van der Waals surface area contributed by atoms with Crippen molar-refractivity contribution in [1.29, 1.82) is 0 Å². The molecule has 0 bridgehead atoms. The molecule has 0 N–H and O–H groups in total. The van der Waals surface area contributed by atoms with E-state index in [1.807, 2.05) is 20.8 Å². The average molecular weight is 444 g/mol. The first kappa shape index (κ1) is 24.8. The number of esters is 1. The summed E-state index contributed by atoms with van der Waals surface area (Å²) in [6.07, 6.45) is 10.7. The van der Waals surface area contributed by atoms with Crippen LogP contribution < -0.4 is 0 Å². The maximum atomic E-state index is 12.4.